The van der Waals surface area contributed by atoms with Crippen molar-refractivity contribution in [3.05, 3.63) is 250 Å². The number of hydrogen-bond acceptors (Lipinski definition) is 27. The molecule has 0 spiro atoms. The van der Waals surface area contributed by atoms with Gasteiger partial charge in [-0.1, -0.05) is 97.8 Å². The lowest BCUT2D eigenvalue weighted by Crippen LogP contribution is -2.42. The van der Waals surface area contributed by atoms with Crippen LogP contribution < -0.4 is 39.7 Å². The molecule has 24 rings (SSSR count). The molecule has 0 amide bonds. The van der Waals surface area contributed by atoms with Crippen LogP contribution in [0.15, 0.2) is 216 Å². The van der Waals surface area contributed by atoms with Gasteiger partial charge in [-0.15, -0.1) is 22.7 Å². The Morgan fingerprint density at radius 2 is 0.920 bits per heavy atom. The molecule has 5 aliphatic heterocycles. The number of phenolic OH excluding ortho intramolecular Hbond substituents is 1. The fourth-order valence-electron chi connectivity index (χ4n) is 17.5. The molecule has 0 bridgehead atoms. The van der Waals surface area contributed by atoms with Crippen LogP contribution in [-0.2, 0) is 16.7 Å². The first kappa shape index (κ1) is 100. The molecule has 8 aromatic heterocycles. The van der Waals surface area contributed by atoms with Crippen LogP contribution in [0.2, 0.25) is 5.82 Å². The zero-order valence-corrected chi connectivity index (χ0v) is 82.2. The number of carbonyl (C=O) groups is 1. The summed E-state index contributed by atoms with van der Waals surface area (Å²) in [6.07, 6.45) is 31.0. The van der Waals surface area contributed by atoms with Crippen LogP contribution in [0, 0.1) is 0 Å². The molecule has 0 atom stereocenters. The normalized spacial score (nSPS) is 18.2. The quantitative estimate of drug-likeness (QED) is 0.0217. The van der Waals surface area contributed by atoms with Crippen molar-refractivity contribution in [2.45, 2.75) is 176 Å². The number of alkyl halides is 3. The van der Waals surface area contributed by atoms with Crippen LogP contribution in [0.5, 0.6) is 11.5 Å². The molecule has 5 saturated heterocycles. The number of carbonyl (C=O) groups excluding carboxylic acids is 1. The second-order valence-corrected chi connectivity index (χ2v) is 41.6. The maximum atomic E-state index is 12.1. The number of pyridine rings is 6. The van der Waals surface area contributed by atoms with Crippen molar-refractivity contribution < 1.29 is 55.9 Å². The third kappa shape index (κ3) is 28.4. The molecule has 138 heavy (non-hydrogen) atoms. The van der Waals surface area contributed by atoms with Crippen molar-refractivity contribution >= 4 is 149 Å². The summed E-state index contributed by atoms with van der Waals surface area (Å²) in [5.41, 5.74) is 9.63. The maximum absolute atomic E-state index is 12.1. The number of nitrogens with zero attached hydrogens (tertiary/aromatic N) is 13. The summed E-state index contributed by atoms with van der Waals surface area (Å²) >= 11 is 6.89. The number of hydrogen-bond donors (Lipinski definition) is 8. The number of anilines is 4. The van der Waals surface area contributed by atoms with Gasteiger partial charge in [-0.05, 0) is 264 Å². The minimum atomic E-state index is -5.65. The van der Waals surface area contributed by atoms with E-state index in [1.165, 1.54) is 177 Å². The highest BCUT2D eigenvalue weighted by molar-refractivity contribution is 9.10. The van der Waals surface area contributed by atoms with Gasteiger partial charge in [0.2, 0.25) is 0 Å². The van der Waals surface area contributed by atoms with Crippen LogP contribution >= 0.6 is 38.6 Å². The number of fused-ring (bicyclic) bond motifs is 6. The highest BCUT2D eigenvalue weighted by atomic mass is 79.9. The first-order valence-corrected chi connectivity index (χ1v) is 52.3. The van der Waals surface area contributed by atoms with Gasteiger partial charge < -0.3 is 65.1 Å². The van der Waals surface area contributed by atoms with Crippen molar-refractivity contribution in [1.82, 2.24) is 60.7 Å². The van der Waals surface area contributed by atoms with E-state index in [1.807, 2.05) is 81.1 Å². The molecule has 0 radical (unpaired) electrons. The van der Waals surface area contributed by atoms with Gasteiger partial charge in [0.1, 0.15) is 17.2 Å². The van der Waals surface area contributed by atoms with Gasteiger partial charge in [-0.3, -0.25) is 39.6 Å². The molecule has 6 aromatic carbocycles. The molecule has 8 N–H and O–H groups in total. The molecule has 5 aliphatic carbocycles. The second-order valence-electron chi connectivity index (χ2n) is 37.5. The summed E-state index contributed by atoms with van der Waals surface area (Å²) in [5, 5.41) is 68.3. The Morgan fingerprint density at radius 3 is 1.44 bits per heavy atom. The van der Waals surface area contributed by atoms with E-state index in [0.717, 1.165) is 211 Å². The summed E-state index contributed by atoms with van der Waals surface area (Å²) < 4.78 is 63.1. The van der Waals surface area contributed by atoms with Crippen molar-refractivity contribution in [2.75, 3.05) is 124 Å². The number of aldehydes is 1. The third-order valence-electron chi connectivity index (χ3n) is 26.3. The molecule has 25 nitrogen and oxygen atoms in total. The highest BCUT2D eigenvalue weighted by Crippen LogP contribution is 2.50. The molecule has 13 heterocycles. The summed E-state index contributed by atoms with van der Waals surface area (Å²) in [4.78, 5) is 58.1. The Bertz CT molecular complexity index is 6460. The number of rotatable bonds is 14. The lowest BCUT2D eigenvalue weighted by molar-refractivity contribution is -0.0500. The van der Waals surface area contributed by atoms with Crippen LogP contribution in [0.25, 0.3) is 65.4 Å². The molecule has 5 saturated carbocycles. The molecule has 10 aliphatic rings. The molecule has 33 heteroatoms. The number of aromatic nitrogens is 8. The average molecular weight is 2000 g/mol. The smallest absolute Gasteiger partial charge is 0.508 e. The fourth-order valence-corrected chi connectivity index (χ4v) is 20.4. The molecule has 10 fully saturated rings. The summed E-state index contributed by atoms with van der Waals surface area (Å²) in [6.45, 7) is 21.5. The van der Waals surface area contributed by atoms with Crippen LogP contribution in [0.3, 0.4) is 0 Å². The Morgan fingerprint density at radius 1 is 0.471 bits per heavy atom. The summed E-state index contributed by atoms with van der Waals surface area (Å²) in [7, 11) is -6.68. The minimum absolute atomic E-state index is 0.213. The number of halogens is 4. The van der Waals surface area contributed by atoms with E-state index in [9.17, 15) is 36.6 Å². The lowest BCUT2D eigenvalue weighted by Gasteiger charge is -2.35. The summed E-state index contributed by atoms with van der Waals surface area (Å²) in [6, 6.07) is 52.9. The van der Waals surface area contributed by atoms with Crippen LogP contribution in [0.4, 0.5) is 34.8 Å². The topological polar surface area (TPSA) is 317 Å². The Balaban J connectivity index is 0.000000117. The van der Waals surface area contributed by atoms with Gasteiger partial charge in [0.15, 0.2) is 16.5 Å². The van der Waals surface area contributed by atoms with Gasteiger partial charge in [-0.25, -0.2) is 9.97 Å². The maximum Gasteiger partial charge on any atom is 0.534 e. The largest absolute Gasteiger partial charge is 0.534 e. The van der Waals surface area contributed by atoms with Gasteiger partial charge in [0.25, 0.3) is 0 Å². The zero-order chi connectivity index (χ0) is 96.2. The van der Waals surface area contributed by atoms with E-state index in [0.29, 0.717) is 22.5 Å². The first-order valence-electron chi connectivity index (χ1n) is 48.4. The van der Waals surface area contributed by atoms with Crippen molar-refractivity contribution in [1.29, 1.82) is 0 Å². The zero-order valence-electron chi connectivity index (χ0n) is 78.2. The molecule has 14 aromatic rings. The van der Waals surface area contributed by atoms with E-state index in [1.54, 1.807) is 47.2 Å². The minimum Gasteiger partial charge on any atom is -0.508 e. The number of aromatic hydroxyl groups is 1. The van der Waals surface area contributed by atoms with Crippen LogP contribution in [-0.4, -0.2) is 213 Å². The van der Waals surface area contributed by atoms with Crippen molar-refractivity contribution in [3.63, 3.8) is 0 Å². The second kappa shape index (κ2) is 47.2. The molecular formula is C105H123BBrF3N16O9S3. The number of nitrogens with one attached hydrogen (secondary N) is 3. The molecule has 0 unspecified atom stereocenters. The van der Waals surface area contributed by atoms with Gasteiger partial charge in [-0.2, -0.15) is 21.6 Å². The van der Waals surface area contributed by atoms with Gasteiger partial charge in [0.05, 0.1) is 61.4 Å². The number of aliphatic hydroxyl groups is 2. The fraction of sp³-hybridized carbons (Fsp3) is 0.419. The van der Waals surface area contributed by atoms with E-state index >= 15 is 0 Å². The van der Waals surface area contributed by atoms with E-state index in [-0.39, 0.29) is 11.6 Å². The Kier molecular flexibility index (Phi) is 34.3. The van der Waals surface area contributed by atoms with E-state index in [4.69, 9.17) is 30.1 Å². The highest BCUT2D eigenvalue weighted by Gasteiger charge is 2.49. The standard InChI is InChI=1S/C27H35N5OS.C17H21N3.C12H10BrN.C12H11N.C10H6F3NO3S.C10H14N2O2S.C9H7NO.C5H12N2.C3H7BO2/c1-27(33)9-14-32(15-10-27)26-29-22(19-34-26)18-30-12-3-13-31(17-16-30)25-23(20-5-6-20)8-7-21-4-2-11-28-24(21)25;1-3-14-6-7-15(13-4-5-13)17(16(14)19-9-1)20-11-2-8-18-10-12-20;13-11-10(8-3-4-8)6-5-9-2-1-7-14-12(9)11;1-2-10-5-6-11(9-3-4-9)8-12(10)13-7-1;11-10(12,13)18(15,16)17-8-4-3-7-2-1-5-14-9(7)6-8;1-10(14)2-4-12(5-3-10)9-11-8(6-13)7-15-9;11-8-4-3-7-2-1-5-10-9(7)6-8;1-2-6-4-5-7-3-1;5-4(6)3-1-2-3/h2,4,7-8,11,19-20,33H,3,5-6,9-10,12-18H2,1H3;1,3,6-7,9,13,18H,2,4-5,8,10-12H2;1-2,5-8H,3-4H2;1-2,5-9H,3-4H2;1-6H;6-7,14H,2-5H2,1H3;1-6,11H;6-7H,1-5H2;3,5-6H,1-2H2. The number of piperidine rings is 2. The van der Waals surface area contributed by atoms with Crippen molar-refractivity contribution in [2.24, 2.45) is 0 Å². The van der Waals surface area contributed by atoms with E-state index < -0.39 is 39.7 Å². The predicted molar refractivity (Wildman–Crippen MR) is 552 cm³/mol. The Labute approximate surface area is 821 Å². The van der Waals surface area contributed by atoms with E-state index in [2.05, 4.69) is 170 Å². The predicted octanol–water partition coefficient (Wildman–Crippen LogP) is 19.4. The number of benzene rings is 6. The van der Waals surface area contributed by atoms with Crippen LogP contribution in [0.1, 0.15) is 185 Å². The number of thiazole rings is 2. The monoisotopic (exact) mass is 1990 g/mol. The third-order valence-corrected chi connectivity index (χ3v) is 29.9. The lowest BCUT2D eigenvalue weighted by atomic mass is 9.84. The first-order chi connectivity index (χ1) is 66.8. The average Bonchev–Trinajstić information content (AvgIpc) is 1.38. The molecular weight excluding hydrogens is 1870 g/mol. The SMILES string of the molecule is Brc1c(C2CC2)ccc2cccnc12.C1CNCCNC1.CC1(O)CCN(c2nc(C=O)cs2)CC1.CC1(O)CCN(c2nc(CN3CCCN(c4c(C5CC5)ccc5cccnc45)CC3)cs2)CC1.O=S(=O)(Oc1ccc2cccnc2c1)C(F)(F)F.OB(O)C1CC1.Oc1ccc2cccnc2c1.c1cnc2c(N3CCCNCC3)c(C3CC3)ccc2c1.c1cnc2cc(C3CC3)ccc2c1. The number of phenols is 1. The van der Waals surface area contributed by atoms with Gasteiger partial charge >= 0.3 is 22.7 Å². The van der Waals surface area contributed by atoms with Crippen molar-refractivity contribution in [3.8, 4) is 11.5 Å². The Hall–Kier alpha value is -10.5. The summed E-state index contributed by atoms with van der Waals surface area (Å²) in [5.74, 6) is 3.13. The molecule has 726 valence electrons. The van der Waals surface area contributed by atoms with Gasteiger partial charge in [0, 0.05) is 188 Å².